The Kier molecular flexibility index (Phi) is 3.56. The van der Waals surface area contributed by atoms with Gasteiger partial charge in [-0.3, -0.25) is 4.79 Å². The number of hydrogen-bond acceptors (Lipinski definition) is 5. The van der Waals surface area contributed by atoms with E-state index in [0.717, 1.165) is 0 Å². The van der Waals surface area contributed by atoms with Gasteiger partial charge in [-0.25, -0.2) is 0 Å². The summed E-state index contributed by atoms with van der Waals surface area (Å²) in [5, 5.41) is 9.52. The summed E-state index contributed by atoms with van der Waals surface area (Å²) in [7, 11) is 2.69. The quantitative estimate of drug-likeness (QED) is 0.461. The highest BCUT2D eigenvalue weighted by atomic mass is 35.5. The van der Waals surface area contributed by atoms with Crippen LogP contribution in [0.1, 0.15) is 0 Å². The zero-order valence-electron chi connectivity index (χ0n) is 11.0. The number of cyclic esters (lactones) is 1. The molecule has 1 heterocycles. The van der Waals surface area contributed by atoms with Crippen molar-refractivity contribution in [2.45, 2.75) is 21.6 Å². The predicted octanol–water partition coefficient (Wildman–Crippen LogP) is 1.80. The Labute approximate surface area is 141 Å². The molecule has 5 atom stereocenters. The molecule has 3 aliphatic rings. The highest BCUT2D eigenvalue weighted by Crippen LogP contribution is 2.75. The van der Waals surface area contributed by atoms with Gasteiger partial charge in [0.05, 0.1) is 22.6 Å². The highest BCUT2D eigenvalue weighted by Gasteiger charge is 2.89. The zero-order chi connectivity index (χ0) is 15.8. The van der Waals surface area contributed by atoms with Crippen LogP contribution in [-0.2, 0) is 19.0 Å². The van der Waals surface area contributed by atoms with Gasteiger partial charge in [0.15, 0.2) is 4.87 Å². The topological polar surface area (TPSA) is 65.0 Å². The van der Waals surface area contributed by atoms with Crippen LogP contribution in [0.5, 0.6) is 0 Å². The van der Waals surface area contributed by atoms with E-state index < -0.39 is 46.1 Å². The van der Waals surface area contributed by atoms with Crippen molar-refractivity contribution in [3.05, 3.63) is 10.1 Å². The van der Waals surface area contributed by atoms with Crippen molar-refractivity contribution in [3.8, 4) is 0 Å². The van der Waals surface area contributed by atoms with Crippen LogP contribution < -0.4 is 0 Å². The summed E-state index contributed by atoms with van der Waals surface area (Å²) in [6.45, 7) is -0.417. The van der Waals surface area contributed by atoms with E-state index in [2.05, 4.69) is 0 Å². The third-order valence-corrected chi connectivity index (χ3v) is 7.34. The number of rotatable bonds is 3. The molecule has 0 aromatic carbocycles. The Balaban J connectivity index is 2.32. The van der Waals surface area contributed by atoms with Gasteiger partial charge in [0.25, 0.3) is 0 Å². The second-order valence-corrected chi connectivity index (χ2v) is 7.19. The second-order valence-electron chi connectivity index (χ2n) is 5.24. The summed E-state index contributed by atoms with van der Waals surface area (Å²) in [5.41, 5.74) is 0. The minimum Gasteiger partial charge on any atom is -0.459 e. The standard InChI is InChI=1S/C12H12Cl4O5/c1-19-12(20-2)10(15)5-4(3-17)21-9(18)6(5)11(12,16)8(14)7(10)13/h4-6,17H,3H2,1-2H3/t4-,5+,6+,10+,11-/m1/s1. The average Bonchev–Trinajstić information content (AvgIpc) is 2.94. The van der Waals surface area contributed by atoms with Gasteiger partial charge >= 0.3 is 5.97 Å². The van der Waals surface area contributed by atoms with Crippen LogP contribution in [0.2, 0.25) is 0 Å². The second kappa shape index (κ2) is 4.63. The molecule has 1 saturated heterocycles. The minimum absolute atomic E-state index is 0.00123. The van der Waals surface area contributed by atoms with Crippen LogP contribution in [0.15, 0.2) is 10.1 Å². The lowest BCUT2D eigenvalue weighted by molar-refractivity contribution is -0.225. The summed E-state index contributed by atoms with van der Waals surface area (Å²) in [4.78, 5) is 9.09. The summed E-state index contributed by atoms with van der Waals surface area (Å²) >= 11 is 26.0. The van der Waals surface area contributed by atoms with E-state index in [1.807, 2.05) is 0 Å². The molecule has 3 rings (SSSR count). The van der Waals surface area contributed by atoms with Crippen LogP contribution in [0.25, 0.3) is 0 Å². The maximum atomic E-state index is 12.2. The lowest BCUT2D eigenvalue weighted by Crippen LogP contribution is -2.59. The van der Waals surface area contributed by atoms with Crippen molar-refractivity contribution in [2.24, 2.45) is 11.8 Å². The Morgan fingerprint density at radius 2 is 1.71 bits per heavy atom. The molecule has 0 amide bonds. The zero-order valence-corrected chi connectivity index (χ0v) is 14.1. The number of aliphatic hydroxyl groups is 1. The fourth-order valence-electron chi connectivity index (χ4n) is 3.96. The van der Waals surface area contributed by atoms with E-state index in [-0.39, 0.29) is 10.1 Å². The number of halogens is 4. The van der Waals surface area contributed by atoms with E-state index >= 15 is 0 Å². The summed E-state index contributed by atoms with van der Waals surface area (Å²) < 4.78 is 16.1. The SMILES string of the molecule is COC1(OC)[C@@]2(Cl)C(Cl)=C(Cl)[C@]1(Cl)[C@@H]1C(=O)O[C@H](CO)[C@@H]12. The molecule has 0 radical (unpaired) electrons. The number of hydrogen-bond donors (Lipinski definition) is 1. The number of esters is 1. The Morgan fingerprint density at radius 1 is 1.19 bits per heavy atom. The normalized spacial score (nSPS) is 47.0. The third-order valence-electron chi connectivity index (χ3n) is 4.71. The summed E-state index contributed by atoms with van der Waals surface area (Å²) in [5.74, 6) is -3.90. The van der Waals surface area contributed by atoms with Gasteiger partial charge < -0.3 is 19.3 Å². The fraction of sp³-hybridized carbons (Fsp3) is 0.750. The largest absolute Gasteiger partial charge is 0.459 e. The number of alkyl halides is 2. The number of aliphatic hydroxyl groups excluding tert-OH is 1. The number of carbonyl (C=O) groups is 1. The first kappa shape index (κ1) is 16.1. The first-order chi connectivity index (χ1) is 9.77. The van der Waals surface area contributed by atoms with E-state index in [1.54, 1.807) is 0 Å². The Morgan fingerprint density at radius 3 is 2.19 bits per heavy atom. The molecule has 1 saturated carbocycles. The molecule has 2 aliphatic carbocycles. The molecule has 9 heteroatoms. The van der Waals surface area contributed by atoms with Crippen molar-refractivity contribution in [1.82, 2.24) is 0 Å². The summed E-state index contributed by atoms with van der Waals surface area (Å²) in [6, 6.07) is 0. The third kappa shape index (κ3) is 1.37. The fourth-order valence-corrected chi connectivity index (χ4v) is 6.18. The molecule has 21 heavy (non-hydrogen) atoms. The van der Waals surface area contributed by atoms with Crippen LogP contribution in [-0.4, -0.2) is 53.5 Å². The molecule has 2 fully saturated rings. The monoisotopic (exact) mass is 376 g/mol. The first-order valence-corrected chi connectivity index (χ1v) is 7.64. The molecule has 1 aliphatic heterocycles. The molecule has 0 spiro atoms. The van der Waals surface area contributed by atoms with Crippen molar-refractivity contribution < 1.29 is 24.1 Å². The maximum Gasteiger partial charge on any atom is 0.312 e. The van der Waals surface area contributed by atoms with E-state index in [1.165, 1.54) is 14.2 Å². The lowest BCUT2D eigenvalue weighted by atomic mass is 9.81. The molecule has 0 aromatic rings. The van der Waals surface area contributed by atoms with Gasteiger partial charge in [-0.2, -0.15) is 0 Å². The van der Waals surface area contributed by atoms with Crippen molar-refractivity contribution in [3.63, 3.8) is 0 Å². The first-order valence-electron chi connectivity index (χ1n) is 6.13. The molecule has 5 nitrogen and oxygen atoms in total. The molecule has 118 valence electrons. The number of carbonyl (C=O) groups excluding carboxylic acids is 1. The molecule has 1 N–H and O–H groups in total. The van der Waals surface area contributed by atoms with Crippen LogP contribution in [0.3, 0.4) is 0 Å². The molecular weight excluding hydrogens is 366 g/mol. The Bertz CT molecular complexity index is 548. The van der Waals surface area contributed by atoms with E-state index in [0.29, 0.717) is 0 Å². The number of ether oxygens (including phenoxy) is 3. The predicted molar refractivity (Wildman–Crippen MR) is 76.6 cm³/mol. The van der Waals surface area contributed by atoms with E-state index in [4.69, 9.17) is 60.6 Å². The molecule has 0 unspecified atom stereocenters. The molecular formula is C12H12Cl4O5. The molecule has 2 bridgehead atoms. The van der Waals surface area contributed by atoms with Crippen molar-refractivity contribution >= 4 is 52.4 Å². The molecule has 0 aromatic heterocycles. The van der Waals surface area contributed by atoms with Gasteiger partial charge in [-0.1, -0.05) is 23.2 Å². The van der Waals surface area contributed by atoms with Gasteiger partial charge in [-0.05, 0) is 0 Å². The van der Waals surface area contributed by atoms with Crippen molar-refractivity contribution in [2.75, 3.05) is 20.8 Å². The number of methoxy groups -OCH3 is 2. The van der Waals surface area contributed by atoms with Gasteiger partial charge in [0, 0.05) is 20.1 Å². The number of fused-ring (bicyclic) bond motifs is 5. The van der Waals surface area contributed by atoms with Gasteiger partial charge in [0.2, 0.25) is 5.79 Å². The average molecular weight is 378 g/mol. The van der Waals surface area contributed by atoms with E-state index in [9.17, 15) is 9.90 Å². The summed E-state index contributed by atoms with van der Waals surface area (Å²) in [6.07, 6.45) is -0.858. The maximum absolute atomic E-state index is 12.2. The van der Waals surface area contributed by atoms with Crippen LogP contribution in [0.4, 0.5) is 0 Å². The smallest absolute Gasteiger partial charge is 0.312 e. The van der Waals surface area contributed by atoms with Gasteiger partial charge in [-0.15, -0.1) is 23.2 Å². The minimum atomic E-state index is -1.64. The Hall–Kier alpha value is 0.250. The van der Waals surface area contributed by atoms with Crippen LogP contribution >= 0.6 is 46.4 Å². The lowest BCUT2D eigenvalue weighted by Gasteiger charge is -2.42. The highest BCUT2D eigenvalue weighted by molar-refractivity contribution is 6.52. The van der Waals surface area contributed by atoms with Crippen molar-refractivity contribution in [1.29, 1.82) is 0 Å². The van der Waals surface area contributed by atoms with Crippen LogP contribution in [0, 0.1) is 11.8 Å². The van der Waals surface area contributed by atoms with Gasteiger partial charge in [0.1, 0.15) is 11.0 Å².